The van der Waals surface area contributed by atoms with Crippen LogP contribution in [0.2, 0.25) is 0 Å². The standard InChI is InChI=1S/C13H17N.ClH/c1-4-11(2)13(3,14)10-12-8-6-5-7-9-12;/h4-9H,1-2,10,14H2,3H3;1H. The molecular formula is C13H18ClN. The van der Waals surface area contributed by atoms with E-state index in [1.165, 1.54) is 5.56 Å². The van der Waals surface area contributed by atoms with E-state index in [0.717, 1.165) is 12.0 Å². The Hall–Kier alpha value is -1.05. The summed E-state index contributed by atoms with van der Waals surface area (Å²) in [6.45, 7) is 9.56. The Kier molecular flexibility index (Phi) is 5.34. The van der Waals surface area contributed by atoms with Crippen molar-refractivity contribution in [2.75, 3.05) is 0 Å². The van der Waals surface area contributed by atoms with Gasteiger partial charge in [0, 0.05) is 5.54 Å². The van der Waals surface area contributed by atoms with Gasteiger partial charge in [-0.05, 0) is 24.5 Å². The topological polar surface area (TPSA) is 26.0 Å². The van der Waals surface area contributed by atoms with Crippen LogP contribution in [0.1, 0.15) is 12.5 Å². The van der Waals surface area contributed by atoms with Crippen molar-refractivity contribution in [1.29, 1.82) is 0 Å². The first-order chi connectivity index (χ1) is 6.56. The molecule has 2 heteroatoms. The van der Waals surface area contributed by atoms with Gasteiger partial charge in [0.1, 0.15) is 0 Å². The summed E-state index contributed by atoms with van der Waals surface area (Å²) < 4.78 is 0. The largest absolute Gasteiger partial charge is 0.321 e. The highest BCUT2D eigenvalue weighted by Gasteiger charge is 2.20. The van der Waals surface area contributed by atoms with Crippen LogP contribution in [-0.2, 0) is 6.42 Å². The molecule has 0 fully saturated rings. The number of hydrogen-bond acceptors (Lipinski definition) is 1. The molecule has 0 spiro atoms. The molecule has 0 radical (unpaired) electrons. The van der Waals surface area contributed by atoms with Crippen molar-refractivity contribution >= 4 is 12.4 Å². The minimum atomic E-state index is -0.400. The zero-order valence-corrected chi connectivity index (χ0v) is 9.89. The number of benzene rings is 1. The fraction of sp³-hybridized carbons (Fsp3) is 0.231. The molecule has 15 heavy (non-hydrogen) atoms. The van der Waals surface area contributed by atoms with E-state index in [1.54, 1.807) is 6.08 Å². The van der Waals surface area contributed by atoms with Crippen molar-refractivity contribution in [2.45, 2.75) is 18.9 Å². The molecular weight excluding hydrogens is 206 g/mol. The molecule has 0 heterocycles. The average Bonchev–Trinajstić information content (AvgIpc) is 2.17. The molecule has 0 aliphatic carbocycles. The smallest absolute Gasteiger partial charge is 0.0415 e. The van der Waals surface area contributed by atoms with Crippen LogP contribution in [0.15, 0.2) is 55.1 Å². The first-order valence-corrected chi connectivity index (χ1v) is 4.71. The van der Waals surface area contributed by atoms with Crippen molar-refractivity contribution in [2.24, 2.45) is 5.73 Å². The van der Waals surface area contributed by atoms with Gasteiger partial charge in [-0.1, -0.05) is 49.6 Å². The summed E-state index contributed by atoms with van der Waals surface area (Å²) in [4.78, 5) is 0. The lowest BCUT2D eigenvalue weighted by molar-refractivity contribution is 0.560. The summed E-state index contributed by atoms with van der Waals surface area (Å²) in [5.41, 5.74) is 7.83. The molecule has 1 aromatic rings. The molecule has 1 unspecified atom stereocenters. The molecule has 0 saturated carbocycles. The van der Waals surface area contributed by atoms with Gasteiger partial charge in [-0.25, -0.2) is 0 Å². The number of hydrogen-bond donors (Lipinski definition) is 1. The molecule has 2 N–H and O–H groups in total. The summed E-state index contributed by atoms with van der Waals surface area (Å²) in [5.74, 6) is 0. The van der Waals surface area contributed by atoms with Gasteiger partial charge in [0.25, 0.3) is 0 Å². The van der Waals surface area contributed by atoms with Gasteiger partial charge in [-0.2, -0.15) is 0 Å². The van der Waals surface area contributed by atoms with Crippen LogP contribution in [0.3, 0.4) is 0 Å². The van der Waals surface area contributed by atoms with Gasteiger partial charge in [0.05, 0.1) is 0 Å². The van der Waals surface area contributed by atoms with E-state index >= 15 is 0 Å². The van der Waals surface area contributed by atoms with E-state index in [-0.39, 0.29) is 12.4 Å². The molecule has 0 aromatic heterocycles. The lowest BCUT2D eigenvalue weighted by Gasteiger charge is -2.25. The maximum Gasteiger partial charge on any atom is 0.0415 e. The lowest BCUT2D eigenvalue weighted by Crippen LogP contribution is -2.39. The Morgan fingerprint density at radius 2 is 1.93 bits per heavy atom. The van der Waals surface area contributed by atoms with Crippen LogP contribution in [0, 0.1) is 0 Å². The maximum absolute atomic E-state index is 6.13. The highest BCUT2D eigenvalue weighted by atomic mass is 35.5. The second-order valence-corrected chi connectivity index (χ2v) is 3.81. The molecule has 1 nitrogen and oxygen atoms in total. The normalized spacial score (nSPS) is 13.5. The molecule has 0 bridgehead atoms. The van der Waals surface area contributed by atoms with Gasteiger partial charge in [0.15, 0.2) is 0 Å². The Morgan fingerprint density at radius 3 is 2.40 bits per heavy atom. The van der Waals surface area contributed by atoms with Gasteiger partial charge < -0.3 is 5.73 Å². The van der Waals surface area contributed by atoms with Gasteiger partial charge >= 0.3 is 0 Å². The molecule has 1 atom stereocenters. The Balaban J connectivity index is 0.00000196. The SMILES string of the molecule is C=CC(=C)C(C)(N)Cc1ccccc1.Cl. The predicted octanol–water partition coefficient (Wildman–Crippen LogP) is 3.11. The second-order valence-electron chi connectivity index (χ2n) is 3.81. The average molecular weight is 224 g/mol. The summed E-state index contributed by atoms with van der Waals surface area (Å²) in [6, 6.07) is 10.2. The molecule has 0 saturated heterocycles. The van der Waals surface area contributed by atoms with Crippen molar-refractivity contribution < 1.29 is 0 Å². The molecule has 1 rings (SSSR count). The van der Waals surface area contributed by atoms with Crippen LogP contribution in [0.4, 0.5) is 0 Å². The minimum absolute atomic E-state index is 0. The zero-order valence-electron chi connectivity index (χ0n) is 9.07. The van der Waals surface area contributed by atoms with Crippen LogP contribution in [0.25, 0.3) is 0 Å². The van der Waals surface area contributed by atoms with E-state index in [2.05, 4.69) is 25.3 Å². The molecule has 0 aliphatic heterocycles. The predicted molar refractivity (Wildman–Crippen MR) is 69.3 cm³/mol. The minimum Gasteiger partial charge on any atom is -0.321 e. The van der Waals surface area contributed by atoms with Crippen LogP contribution >= 0.6 is 12.4 Å². The van der Waals surface area contributed by atoms with Crippen molar-refractivity contribution in [3.05, 3.63) is 60.7 Å². The zero-order chi connectivity index (χ0) is 10.6. The summed E-state index contributed by atoms with van der Waals surface area (Å²) >= 11 is 0. The summed E-state index contributed by atoms with van der Waals surface area (Å²) in [5, 5.41) is 0. The molecule has 0 amide bonds. The Bertz CT molecular complexity index is 328. The highest BCUT2D eigenvalue weighted by Crippen LogP contribution is 2.18. The fourth-order valence-corrected chi connectivity index (χ4v) is 1.37. The van der Waals surface area contributed by atoms with Crippen molar-refractivity contribution in [3.8, 4) is 0 Å². The molecule has 82 valence electrons. The van der Waals surface area contributed by atoms with E-state index in [0.29, 0.717) is 0 Å². The monoisotopic (exact) mass is 223 g/mol. The Labute approximate surface area is 98.1 Å². The summed E-state index contributed by atoms with van der Waals surface area (Å²) in [6.07, 6.45) is 2.52. The van der Waals surface area contributed by atoms with E-state index in [9.17, 15) is 0 Å². The van der Waals surface area contributed by atoms with Gasteiger partial charge in [-0.15, -0.1) is 12.4 Å². The molecule has 1 aromatic carbocycles. The first-order valence-electron chi connectivity index (χ1n) is 4.71. The quantitative estimate of drug-likeness (QED) is 0.780. The highest BCUT2D eigenvalue weighted by molar-refractivity contribution is 5.85. The van der Waals surface area contributed by atoms with Crippen molar-refractivity contribution in [1.82, 2.24) is 0 Å². The Morgan fingerprint density at radius 1 is 1.40 bits per heavy atom. The van der Waals surface area contributed by atoms with E-state index in [1.807, 2.05) is 25.1 Å². The van der Waals surface area contributed by atoms with E-state index < -0.39 is 5.54 Å². The number of rotatable bonds is 4. The van der Waals surface area contributed by atoms with Gasteiger partial charge in [0.2, 0.25) is 0 Å². The maximum atomic E-state index is 6.13. The molecule has 0 aliphatic rings. The van der Waals surface area contributed by atoms with Crippen LogP contribution in [0.5, 0.6) is 0 Å². The van der Waals surface area contributed by atoms with Gasteiger partial charge in [-0.3, -0.25) is 0 Å². The lowest BCUT2D eigenvalue weighted by atomic mass is 9.87. The van der Waals surface area contributed by atoms with Crippen LogP contribution in [-0.4, -0.2) is 5.54 Å². The number of nitrogens with two attached hydrogens (primary N) is 1. The summed E-state index contributed by atoms with van der Waals surface area (Å²) in [7, 11) is 0. The second kappa shape index (κ2) is 5.74. The third kappa shape index (κ3) is 3.90. The third-order valence-electron chi connectivity index (χ3n) is 2.39. The van der Waals surface area contributed by atoms with Crippen molar-refractivity contribution in [3.63, 3.8) is 0 Å². The fourth-order valence-electron chi connectivity index (χ4n) is 1.37. The van der Waals surface area contributed by atoms with Crippen LogP contribution < -0.4 is 5.73 Å². The number of halogens is 1. The van der Waals surface area contributed by atoms with E-state index in [4.69, 9.17) is 5.73 Å². The third-order valence-corrected chi connectivity index (χ3v) is 2.39. The first kappa shape index (κ1) is 13.9.